The first kappa shape index (κ1) is 24.5. The van der Waals surface area contributed by atoms with Gasteiger partial charge in [0.05, 0.1) is 24.1 Å². The summed E-state index contributed by atoms with van der Waals surface area (Å²) in [6.45, 7) is 6.35. The van der Waals surface area contributed by atoms with Gasteiger partial charge in [0.25, 0.3) is 0 Å². The van der Waals surface area contributed by atoms with Gasteiger partial charge in [0.2, 0.25) is 5.91 Å². The first-order valence-electron chi connectivity index (χ1n) is 12.6. The highest BCUT2D eigenvalue weighted by molar-refractivity contribution is 5.79. The maximum atomic E-state index is 12.5. The molecule has 1 amide bonds. The number of benzene rings is 3. The van der Waals surface area contributed by atoms with E-state index >= 15 is 0 Å². The lowest BCUT2D eigenvalue weighted by molar-refractivity contribution is -0.120. The second-order valence-electron chi connectivity index (χ2n) is 8.92. The van der Waals surface area contributed by atoms with Crippen LogP contribution in [0, 0.1) is 6.92 Å². The van der Waals surface area contributed by atoms with Gasteiger partial charge in [-0.2, -0.15) is 0 Å². The van der Waals surface area contributed by atoms with Crippen molar-refractivity contribution in [3.63, 3.8) is 0 Å². The molecule has 0 atom stereocenters. The van der Waals surface area contributed by atoms with Crippen molar-refractivity contribution in [2.24, 2.45) is 0 Å². The predicted octanol–water partition coefficient (Wildman–Crippen LogP) is 5.67. The smallest absolute Gasteiger partial charge is 0.224 e. The van der Waals surface area contributed by atoms with E-state index in [2.05, 4.69) is 47.1 Å². The van der Waals surface area contributed by atoms with E-state index in [1.54, 1.807) is 0 Å². The monoisotopic (exact) mass is 469 g/mol. The number of amides is 1. The van der Waals surface area contributed by atoms with E-state index in [4.69, 9.17) is 9.72 Å². The molecule has 0 saturated heterocycles. The van der Waals surface area contributed by atoms with E-state index in [-0.39, 0.29) is 5.91 Å². The van der Waals surface area contributed by atoms with Gasteiger partial charge < -0.3 is 14.6 Å². The van der Waals surface area contributed by atoms with Crippen LogP contribution in [0.3, 0.4) is 0 Å². The molecular formula is C30H35N3O2. The van der Waals surface area contributed by atoms with Crippen LogP contribution in [0.5, 0.6) is 5.75 Å². The van der Waals surface area contributed by atoms with E-state index in [1.165, 1.54) is 5.56 Å². The third-order valence-electron chi connectivity index (χ3n) is 6.39. The molecule has 4 rings (SSSR count). The third kappa shape index (κ3) is 6.72. The van der Waals surface area contributed by atoms with Crippen molar-refractivity contribution < 1.29 is 9.53 Å². The number of hydrogen-bond donors (Lipinski definition) is 1. The molecule has 5 nitrogen and oxygen atoms in total. The van der Waals surface area contributed by atoms with Crippen LogP contribution < -0.4 is 10.1 Å². The number of carbonyl (C=O) groups is 1. The van der Waals surface area contributed by atoms with Crippen LogP contribution in [0.4, 0.5) is 0 Å². The van der Waals surface area contributed by atoms with E-state index < -0.39 is 0 Å². The van der Waals surface area contributed by atoms with Gasteiger partial charge in [-0.25, -0.2) is 4.98 Å². The van der Waals surface area contributed by atoms with Crippen LogP contribution in [0.1, 0.15) is 42.3 Å². The van der Waals surface area contributed by atoms with Crippen molar-refractivity contribution >= 4 is 16.9 Å². The summed E-state index contributed by atoms with van der Waals surface area (Å²) >= 11 is 0. The minimum Gasteiger partial charge on any atom is -0.494 e. The van der Waals surface area contributed by atoms with Crippen molar-refractivity contribution in [2.45, 2.75) is 52.5 Å². The standard InChI is InChI=1S/C30H35N3O2/c1-3-24-14-16-26(17-15-24)35-21-9-8-20-33-28-13-7-6-12-27(28)32-29(33)18-19-31-30(34)22-25-11-5-4-10-23(25)2/h4-7,10-17H,3,8-9,18-22H2,1-2H3,(H,31,34). The second-order valence-corrected chi connectivity index (χ2v) is 8.92. The van der Waals surface area contributed by atoms with E-state index in [9.17, 15) is 4.79 Å². The summed E-state index contributed by atoms with van der Waals surface area (Å²) in [5.74, 6) is 1.99. The van der Waals surface area contributed by atoms with Gasteiger partial charge in [-0.1, -0.05) is 55.5 Å². The molecule has 0 bridgehead atoms. The second kappa shape index (κ2) is 12.2. The molecule has 4 aromatic rings. The Morgan fingerprint density at radius 3 is 2.54 bits per heavy atom. The fourth-order valence-corrected chi connectivity index (χ4v) is 4.31. The largest absolute Gasteiger partial charge is 0.494 e. The van der Waals surface area contributed by atoms with Crippen LogP contribution in [0.25, 0.3) is 11.0 Å². The first-order chi connectivity index (χ1) is 17.1. The molecule has 35 heavy (non-hydrogen) atoms. The Balaban J connectivity index is 1.29. The Morgan fingerprint density at radius 2 is 1.74 bits per heavy atom. The summed E-state index contributed by atoms with van der Waals surface area (Å²) in [6.07, 6.45) is 4.12. The minimum atomic E-state index is 0.0473. The number of para-hydroxylation sites is 2. The Labute approximate surface area is 208 Å². The van der Waals surface area contributed by atoms with Crippen LogP contribution >= 0.6 is 0 Å². The quantitative estimate of drug-likeness (QED) is 0.272. The van der Waals surface area contributed by atoms with Gasteiger partial charge in [0.1, 0.15) is 11.6 Å². The lowest BCUT2D eigenvalue weighted by atomic mass is 10.1. The highest BCUT2D eigenvalue weighted by atomic mass is 16.5. The maximum absolute atomic E-state index is 12.5. The number of carbonyl (C=O) groups excluding carboxylic acids is 1. The molecule has 5 heteroatoms. The van der Waals surface area contributed by atoms with Gasteiger partial charge in [-0.3, -0.25) is 4.79 Å². The molecule has 0 radical (unpaired) electrons. The number of imidazole rings is 1. The summed E-state index contributed by atoms with van der Waals surface area (Å²) < 4.78 is 8.21. The third-order valence-corrected chi connectivity index (χ3v) is 6.39. The highest BCUT2D eigenvalue weighted by Gasteiger charge is 2.11. The molecular weight excluding hydrogens is 434 g/mol. The van der Waals surface area contributed by atoms with Crippen LogP contribution in [-0.2, 0) is 30.6 Å². The minimum absolute atomic E-state index is 0.0473. The van der Waals surface area contributed by atoms with Crippen molar-refractivity contribution in [1.82, 2.24) is 14.9 Å². The normalized spacial score (nSPS) is 11.0. The van der Waals surface area contributed by atoms with Crippen molar-refractivity contribution in [2.75, 3.05) is 13.2 Å². The molecule has 0 saturated carbocycles. The summed E-state index contributed by atoms with van der Waals surface area (Å²) in [7, 11) is 0. The Bertz CT molecular complexity index is 1240. The first-order valence-corrected chi connectivity index (χ1v) is 12.6. The number of ether oxygens (including phenoxy) is 1. The molecule has 1 N–H and O–H groups in total. The average molecular weight is 470 g/mol. The van der Waals surface area contributed by atoms with Crippen molar-refractivity contribution in [3.05, 3.63) is 95.3 Å². The molecule has 0 fully saturated rings. The number of aryl methyl sites for hydroxylation is 3. The fraction of sp³-hybridized carbons (Fsp3) is 0.333. The predicted molar refractivity (Wildman–Crippen MR) is 142 cm³/mol. The number of aromatic nitrogens is 2. The molecule has 0 spiro atoms. The maximum Gasteiger partial charge on any atom is 0.224 e. The fourth-order valence-electron chi connectivity index (χ4n) is 4.31. The lowest BCUT2D eigenvalue weighted by Crippen LogP contribution is -2.28. The summed E-state index contributed by atoms with van der Waals surface area (Å²) in [5.41, 5.74) is 5.68. The molecule has 0 aliphatic rings. The number of nitrogens with zero attached hydrogens (tertiary/aromatic N) is 2. The SMILES string of the molecule is CCc1ccc(OCCCCn2c(CCNC(=O)Cc3ccccc3C)nc3ccccc32)cc1. The highest BCUT2D eigenvalue weighted by Crippen LogP contribution is 2.18. The zero-order valence-electron chi connectivity index (χ0n) is 20.8. The van der Waals surface area contributed by atoms with Gasteiger partial charge >= 0.3 is 0 Å². The van der Waals surface area contributed by atoms with Gasteiger partial charge in [0.15, 0.2) is 0 Å². The molecule has 0 aliphatic heterocycles. The van der Waals surface area contributed by atoms with Gasteiger partial charge in [0, 0.05) is 19.5 Å². The molecule has 0 aliphatic carbocycles. The number of fused-ring (bicyclic) bond motifs is 1. The number of hydrogen-bond acceptors (Lipinski definition) is 3. The Hall–Kier alpha value is -3.60. The van der Waals surface area contributed by atoms with Crippen molar-refractivity contribution in [1.29, 1.82) is 0 Å². The summed E-state index contributed by atoms with van der Waals surface area (Å²) in [5, 5.41) is 3.07. The van der Waals surface area contributed by atoms with Crippen LogP contribution in [0.15, 0.2) is 72.8 Å². The zero-order chi connectivity index (χ0) is 24.5. The van der Waals surface area contributed by atoms with Crippen molar-refractivity contribution in [3.8, 4) is 5.75 Å². The molecule has 1 heterocycles. The van der Waals surface area contributed by atoms with Gasteiger partial charge in [-0.15, -0.1) is 0 Å². The van der Waals surface area contributed by atoms with Crippen LogP contribution in [-0.4, -0.2) is 28.6 Å². The molecule has 3 aromatic carbocycles. The Morgan fingerprint density at radius 1 is 0.971 bits per heavy atom. The molecule has 0 unspecified atom stereocenters. The topological polar surface area (TPSA) is 56.1 Å². The van der Waals surface area contributed by atoms with Crippen LogP contribution in [0.2, 0.25) is 0 Å². The zero-order valence-corrected chi connectivity index (χ0v) is 20.8. The number of nitrogens with one attached hydrogen (secondary N) is 1. The van der Waals surface area contributed by atoms with E-state index in [1.807, 2.05) is 49.4 Å². The Kier molecular flexibility index (Phi) is 8.55. The van der Waals surface area contributed by atoms with E-state index in [0.29, 0.717) is 26.0 Å². The average Bonchev–Trinajstić information content (AvgIpc) is 3.23. The molecule has 182 valence electrons. The lowest BCUT2D eigenvalue weighted by Gasteiger charge is -2.11. The molecule has 1 aromatic heterocycles. The van der Waals surface area contributed by atoms with E-state index in [0.717, 1.165) is 59.5 Å². The number of rotatable bonds is 12. The number of unbranched alkanes of at least 4 members (excludes halogenated alkanes) is 1. The van der Waals surface area contributed by atoms with Gasteiger partial charge in [-0.05, 0) is 67.1 Å². The summed E-state index contributed by atoms with van der Waals surface area (Å²) in [6, 6.07) is 24.6. The summed E-state index contributed by atoms with van der Waals surface area (Å²) in [4.78, 5) is 17.3.